The molecule has 2 aromatic rings. The quantitative estimate of drug-likeness (QED) is 0.435. The molecule has 0 spiro atoms. The van der Waals surface area contributed by atoms with Gasteiger partial charge < -0.3 is 14.8 Å². The van der Waals surface area contributed by atoms with Gasteiger partial charge in [0, 0.05) is 45.3 Å². The van der Waals surface area contributed by atoms with Gasteiger partial charge in [-0.15, -0.1) is 24.0 Å². The standard InChI is InChI=1S/C17H27N7.HI/c1-14-10-21-24(11-14)9-6-20-17(18-3)22-7-4-15(2)16(12-22)23-8-5-19-13-23;/h5,8,10-11,13,15-16H,4,6-7,9,12H2,1-3H3,(H,18,20);1H. The van der Waals surface area contributed by atoms with Gasteiger partial charge in [0.05, 0.1) is 25.1 Å². The molecule has 138 valence electrons. The smallest absolute Gasteiger partial charge is 0.193 e. The van der Waals surface area contributed by atoms with Crippen LogP contribution in [0.4, 0.5) is 0 Å². The third-order valence-corrected chi connectivity index (χ3v) is 4.72. The number of imidazole rings is 1. The first kappa shape index (κ1) is 19.7. The van der Waals surface area contributed by atoms with Crippen molar-refractivity contribution in [1.82, 2.24) is 29.5 Å². The first-order chi connectivity index (χ1) is 11.7. The minimum absolute atomic E-state index is 0. The number of hydrogen-bond acceptors (Lipinski definition) is 3. The van der Waals surface area contributed by atoms with E-state index in [4.69, 9.17) is 0 Å². The molecule has 1 aliphatic rings. The summed E-state index contributed by atoms with van der Waals surface area (Å²) < 4.78 is 4.18. The maximum Gasteiger partial charge on any atom is 0.193 e. The highest BCUT2D eigenvalue weighted by molar-refractivity contribution is 14.0. The molecule has 0 bridgehead atoms. The molecule has 3 heterocycles. The van der Waals surface area contributed by atoms with Crippen LogP contribution in [0.15, 0.2) is 36.1 Å². The highest BCUT2D eigenvalue weighted by Crippen LogP contribution is 2.27. The second-order valence-electron chi connectivity index (χ2n) is 6.54. The van der Waals surface area contributed by atoms with Crippen molar-refractivity contribution >= 4 is 29.9 Å². The summed E-state index contributed by atoms with van der Waals surface area (Å²) >= 11 is 0. The molecule has 1 aliphatic heterocycles. The molecule has 1 saturated heterocycles. The molecule has 1 N–H and O–H groups in total. The zero-order valence-electron chi connectivity index (χ0n) is 15.2. The van der Waals surface area contributed by atoms with E-state index in [0.717, 1.165) is 38.6 Å². The first-order valence-corrected chi connectivity index (χ1v) is 8.59. The summed E-state index contributed by atoms with van der Waals surface area (Å²) in [4.78, 5) is 11.0. The van der Waals surface area contributed by atoms with E-state index in [9.17, 15) is 0 Å². The number of nitrogens with one attached hydrogen (secondary N) is 1. The third-order valence-electron chi connectivity index (χ3n) is 4.72. The highest BCUT2D eigenvalue weighted by Gasteiger charge is 2.28. The van der Waals surface area contributed by atoms with Crippen LogP contribution in [0.1, 0.15) is 24.9 Å². The fourth-order valence-electron chi connectivity index (χ4n) is 3.30. The molecule has 2 unspecified atom stereocenters. The minimum Gasteiger partial charge on any atom is -0.354 e. The third kappa shape index (κ3) is 4.96. The SMILES string of the molecule is CN=C(NCCn1cc(C)cn1)N1CCC(C)C(n2ccnc2)C1.I. The van der Waals surface area contributed by atoms with Crippen LogP contribution in [0, 0.1) is 12.8 Å². The van der Waals surface area contributed by atoms with Crippen LogP contribution in [-0.2, 0) is 6.54 Å². The maximum absolute atomic E-state index is 4.47. The molecular formula is C17H28IN7. The summed E-state index contributed by atoms with van der Waals surface area (Å²) in [5, 5.41) is 7.79. The van der Waals surface area contributed by atoms with E-state index in [1.165, 1.54) is 5.56 Å². The minimum atomic E-state index is 0. The second kappa shape index (κ2) is 9.21. The number of piperidine rings is 1. The monoisotopic (exact) mass is 457 g/mol. The molecule has 25 heavy (non-hydrogen) atoms. The molecule has 8 heteroatoms. The number of nitrogens with zero attached hydrogens (tertiary/aromatic N) is 6. The van der Waals surface area contributed by atoms with Gasteiger partial charge in [0.25, 0.3) is 0 Å². The summed E-state index contributed by atoms with van der Waals surface area (Å²) in [7, 11) is 1.85. The van der Waals surface area contributed by atoms with Gasteiger partial charge in [-0.2, -0.15) is 5.10 Å². The fraction of sp³-hybridized carbons (Fsp3) is 0.588. The Labute approximate surface area is 166 Å². The summed E-state index contributed by atoms with van der Waals surface area (Å²) in [6, 6.07) is 0.438. The van der Waals surface area contributed by atoms with Crippen LogP contribution in [0.2, 0.25) is 0 Å². The lowest BCUT2D eigenvalue weighted by molar-refractivity contribution is 0.189. The molecule has 1 fully saturated rings. The molecule has 0 aliphatic carbocycles. The number of aromatic nitrogens is 4. The van der Waals surface area contributed by atoms with E-state index >= 15 is 0 Å². The largest absolute Gasteiger partial charge is 0.354 e. The molecule has 0 amide bonds. The number of guanidine groups is 1. The normalized spacial score (nSPS) is 21.1. The van der Waals surface area contributed by atoms with Crippen molar-refractivity contribution in [3.05, 3.63) is 36.7 Å². The van der Waals surface area contributed by atoms with E-state index < -0.39 is 0 Å². The van der Waals surface area contributed by atoms with Crippen molar-refractivity contribution in [2.24, 2.45) is 10.9 Å². The van der Waals surface area contributed by atoms with Crippen LogP contribution >= 0.6 is 24.0 Å². The molecule has 0 radical (unpaired) electrons. The van der Waals surface area contributed by atoms with Crippen molar-refractivity contribution in [3.63, 3.8) is 0 Å². The predicted molar refractivity (Wildman–Crippen MR) is 110 cm³/mol. The number of hydrogen-bond donors (Lipinski definition) is 1. The van der Waals surface area contributed by atoms with Gasteiger partial charge in [-0.3, -0.25) is 9.67 Å². The number of aryl methyl sites for hydroxylation is 1. The highest BCUT2D eigenvalue weighted by atomic mass is 127. The average Bonchev–Trinajstić information content (AvgIpc) is 3.24. The van der Waals surface area contributed by atoms with Crippen LogP contribution in [0.25, 0.3) is 0 Å². The summed E-state index contributed by atoms with van der Waals surface area (Å²) in [6.45, 7) is 8.02. The van der Waals surface area contributed by atoms with Gasteiger partial charge >= 0.3 is 0 Å². The molecule has 2 aromatic heterocycles. The van der Waals surface area contributed by atoms with Crippen molar-refractivity contribution in [2.75, 3.05) is 26.7 Å². The van der Waals surface area contributed by atoms with E-state index in [1.54, 1.807) is 0 Å². The Morgan fingerprint density at radius 3 is 2.92 bits per heavy atom. The summed E-state index contributed by atoms with van der Waals surface area (Å²) in [5.74, 6) is 1.61. The molecule has 7 nitrogen and oxygen atoms in total. The lowest BCUT2D eigenvalue weighted by atomic mass is 9.93. The zero-order valence-corrected chi connectivity index (χ0v) is 17.5. The number of aliphatic imine (C=N–C) groups is 1. The van der Waals surface area contributed by atoms with Gasteiger partial charge in [-0.25, -0.2) is 4.98 Å². The van der Waals surface area contributed by atoms with Gasteiger partial charge in [0.15, 0.2) is 5.96 Å². The first-order valence-electron chi connectivity index (χ1n) is 8.59. The average molecular weight is 457 g/mol. The van der Waals surface area contributed by atoms with E-state index in [2.05, 4.69) is 56.1 Å². The van der Waals surface area contributed by atoms with Crippen LogP contribution in [0.5, 0.6) is 0 Å². The summed E-state index contributed by atoms with van der Waals surface area (Å²) in [6.07, 6.45) is 10.9. The molecule has 0 saturated carbocycles. The Hall–Kier alpha value is -1.58. The lowest BCUT2D eigenvalue weighted by Crippen LogP contribution is -2.49. The Balaban J connectivity index is 0.00000225. The van der Waals surface area contributed by atoms with Crippen LogP contribution in [-0.4, -0.2) is 56.9 Å². The van der Waals surface area contributed by atoms with Crippen molar-refractivity contribution in [3.8, 4) is 0 Å². The van der Waals surface area contributed by atoms with Crippen LogP contribution < -0.4 is 5.32 Å². The van der Waals surface area contributed by atoms with Gasteiger partial charge in [-0.05, 0) is 24.8 Å². The Morgan fingerprint density at radius 1 is 1.44 bits per heavy atom. The van der Waals surface area contributed by atoms with E-state index in [-0.39, 0.29) is 24.0 Å². The fourth-order valence-corrected chi connectivity index (χ4v) is 3.30. The second-order valence-corrected chi connectivity index (χ2v) is 6.54. The van der Waals surface area contributed by atoms with Gasteiger partial charge in [0.1, 0.15) is 0 Å². The van der Waals surface area contributed by atoms with Crippen LogP contribution in [0.3, 0.4) is 0 Å². The predicted octanol–water partition coefficient (Wildman–Crippen LogP) is 2.16. The molecule has 0 aromatic carbocycles. The van der Waals surface area contributed by atoms with E-state index in [0.29, 0.717) is 12.0 Å². The zero-order chi connectivity index (χ0) is 16.9. The van der Waals surface area contributed by atoms with Crippen molar-refractivity contribution < 1.29 is 0 Å². The number of likely N-dealkylation sites (tertiary alicyclic amines) is 1. The van der Waals surface area contributed by atoms with Gasteiger partial charge in [0.2, 0.25) is 0 Å². The Kier molecular flexibility index (Phi) is 7.27. The summed E-state index contributed by atoms with van der Waals surface area (Å²) in [5.41, 5.74) is 1.19. The Bertz CT molecular complexity index is 664. The lowest BCUT2D eigenvalue weighted by Gasteiger charge is -2.39. The van der Waals surface area contributed by atoms with Gasteiger partial charge in [-0.1, -0.05) is 6.92 Å². The topological polar surface area (TPSA) is 63.3 Å². The van der Waals surface area contributed by atoms with Crippen molar-refractivity contribution in [2.45, 2.75) is 32.9 Å². The molecule has 3 rings (SSSR count). The molecular weight excluding hydrogens is 429 g/mol. The van der Waals surface area contributed by atoms with E-state index in [1.807, 2.05) is 30.5 Å². The number of halogens is 1. The number of rotatable bonds is 4. The molecule has 2 atom stereocenters. The maximum atomic E-state index is 4.47. The Morgan fingerprint density at radius 2 is 2.28 bits per heavy atom. The van der Waals surface area contributed by atoms with Crippen molar-refractivity contribution in [1.29, 1.82) is 0 Å².